The van der Waals surface area contributed by atoms with Crippen LogP contribution in [-0.2, 0) is 27.8 Å². The van der Waals surface area contributed by atoms with Crippen LogP contribution in [0.3, 0.4) is 0 Å². The zero-order chi connectivity index (χ0) is 24.1. The fourth-order valence-corrected chi connectivity index (χ4v) is 4.62. The third-order valence-electron chi connectivity index (χ3n) is 5.05. The quantitative estimate of drug-likeness (QED) is 0.344. The first-order valence-electron chi connectivity index (χ1n) is 10.3. The average Bonchev–Trinajstić information content (AvgIpc) is 3.49. The molecular weight excluding hydrogens is 480 g/mol. The Balaban J connectivity index is 1.74. The molecule has 0 aliphatic carbocycles. The Hall–Kier alpha value is -3.34. The summed E-state index contributed by atoms with van der Waals surface area (Å²) >= 11 is 5.91. The van der Waals surface area contributed by atoms with E-state index in [0.29, 0.717) is 34.5 Å². The Kier molecular flexibility index (Phi) is 7.20. The molecule has 0 amide bonds. The van der Waals surface area contributed by atoms with Gasteiger partial charge in [-0.1, -0.05) is 35.9 Å². The largest absolute Gasteiger partial charge is 0.495 e. The highest BCUT2D eigenvalue weighted by Gasteiger charge is 2.25. The number of methoxy groups -OCH3 is 2. The molecule has 178 valence electrons. The maximum absolute atomic E-state index is 13.0. The Labute approximate surface area is 202 Å². The molecule has 0 fully saturated rings. The fraction of sp³-hybridized carbons (Fsp3) is 0.217. The third-order valence-corrected chi connectivity index (χ3v) is 6.54. The van der Waals surface area contributed by atoms with E-state index in [1.807, 2.05) is 12.1 Å². The lowest BCUT2D eigenvalue weighted by Gasteiger charge is -2.18. The summed E-state index contributed by atoms with van der Waals surface area (Å²) in [5, 5.41) is 8.92. The monoisotopic (exact) mass is 502 g/mol. The highest BCUT2D eigenvalue weighted by Crippen LogP contribution is 2.34. The molecular formula is C23H23ClN4O5S. The van der Waals surface area contributed by atoms with Gasteiger partial charge in [-0.05, 0) is 42.3 Å². The van der Waals surface area contributed by atoms with Crippen molar-refractivity contribution in [2.45, 2.75) is 13.0 Å². The van der Waals surface area contributed by atoms with Crippen molar-refractivity contribution in [1.29, 1.82) is 0 Å². The number of nitrogens with one attached hydrogen (secondary N) is 1. The van der Waals surface area contributed by atoms with E-state index < -0.39 is 10.0 Å². The number of rotatable bonds is 10. The van der Waals surface area contributed by atoms with Crippen LogP contribution in [0, 0.1) is 0 Å². The van der Waals surface area contributed by atoms with Gasteiger partial charge in [0.05, 0.1) is 31.4 Å². The molecule has 0 saturated heterocycles. The number of benzene rings is 2. The Bertz CT molecular complexity index is 1350. The zero-order valence-electron chi connectivity index (χ0n) is 18.6. The molecule has 0 aliphatic heterocycles. The molecule has 0 spiro atoms. The molecule has 2 heterocycles. The minimum Gasteiger partial charge on any atom is -0.495 e. The molecule has 0 bridgehead atoms. The molecule has 0 aliphatic rings. The molecule has 1 N–H and O–H groups in total. The number of nitrogens with zero attached hydrogens (tertiary/aromatic N) is 3. The van der Waals surface area contributed by atoms with E-state index in [2.05, 4.69) is 14.9 Å². The summed E-state index contributed by atoms with van der Waals surface area (Å²) in [5.74, 6) is 1.05. The van der Waals surface area contributed by atoms with Gasteiger partial charge in [0.2, 0.25) is 21.8 Å². The van der Waals surface area contributed by atoms with E-state index >= 15 is 0 Å². The van der Waals surface area contributed by atoms with Crippen molar-refractivity contribution in [2.24, 2.45) is 0 Å². The summed E-state index contributed by atoms with van der Waals surface area (Å²) in [5.41, 5.74) is 2.13. The van der Waals surface area contributed by atoms with Crippen LogP contribution in [0.15, 0.2) is 65.3 Å². The number of hydrogen-bond acceptors (Lipinski definition) is 7. The topological polar surface area (TPSA) is 108 Å². The molecule has 11 heteroatoms. The van der Waals surface area contributed by atoms with Crippen molar-refractivity contribution < 1.29 is 22.3 Å². The summed E-state index contributed by atoms with van der Waals surface area (Å²) in [6.45, 7) is 0.255. The minimum absolute atomic E-state index is 0.00404. The Morgan fingerprint density at radius 1 is 1.06 bits per heavy atom. The number of halogens is 1. The maximum Gasteiger partial charge on any atom is 0.243 e. The van der Waals surface area contributed by atoms with Crippen LogP contribution in [-0.4, -0.2) is 43.2 Å². The van der Waals surface area contributed by atoms with E-state index in [-0.39, 0.29) is 18.3 Å². The second kappa shape index (κ2) is 10.3. The van der Waals surface area contributed by atoms with Crippen LogP contribution in [0.1, 0.15) is 11.1 Å². The SMILES string of the molecule is COCc1cccc(OC)c1-n1c(NS(=O)(=O)CCc2ccc(Cl)cc2)nnc1-c1ccco1. The molecule has 0 saturated carbocycles. The first-order valence-corrected chi connectivity index (χ1v) is 12.3. The molecule has 0 unspecified atom stereocenters. The van der Waals surface area contributed by atoms with E-state index in [0.717, 1.165) is 11.1 Å². The number of aromatic nitrogens is 3. The average molecular weight is 503 g/mol. The summed E-state index contributed by atoms with van der Waals surface area (Å²) in [7, 11) is -0.680. The van der Waals surface area contributed by atoms with E-state index in [1.165, 1.54) is 13.4 Å². The highest BCUT2D eigenvalue weighted by atomic mass is 35.5. The number of aryl methyl sites for hydroxylation is 1. The van der Waals surface area contributed by atoms with Gasteiger partial charge in [0, 0.05) is 17.7 Å². The van der Waals surface area contributed by atoms with Gasteiger partial charge in [0.15, 0.2) is 5.76 Å². The lowest BCUT2D eigenvalue weighted by atomic mass is 10.1. The molecule has 4 aromatic rings. The molecule has 0 radical (unpaired) electrons. The van der Waals surface area contributed by atoms with Crippen molar-refractivity contribution >= 4 is 27.6 Å². The summed E-state index contributed by atoms with van der Waals surface area (Å²) in [6, 6.07) is 15.9. The third kappa shape index (κ3) is 5.24. The van der Waals surface area contributed by atoms with Crippen LogP contribution in [0.5, 0.6) is 5.75 Å². The number of sulfonamides is 1. The van der Waals surface area contributed by atoms with E-state index in [4.69, 9.17) is 25.5 Å². The number of para-hydroxylation sites is 1. The van der Waals surface area contributed by atoms with Crippen molar-refractivity contribution in [3.63, 3.8) is 0 Å². The van der Waals surface area contributed by atoms with E-state index in [9.17, 15) is 8.42 Å². The van der Waals surface area contributed by atoms with Gasteiger partial charge >= 0.3 is 0 Å². The standard InChI is InChI=1S/C23H23ClN4O5S/c1-31-15-17-5-3-6-19(32-2)21(17)28-22(20-7-4-13-33-20)25-26-23(28)27-34(29,30)14-12-16-8-10-18(24)11-9-16/h3-11,13H,12,14-15H2,1-2H3,(H,26,27). The molecule has 34 heavy (non-hydrogen) atoms. The van der Waals surface area contributed by atoms with Gasteiger partial charge in [-0.15, -0.1) is 10.2 Å². The van der Waals surface area contributed by atoms with Gasteiger partial charge in [-0.3, -0.25) is 9.29 Å². The highest BCUT2D eigenvalue weighted by molar-refractivity contribution is 7.92. The van der Waals surface area contributed by atoms with Gasteiger partial charge in [0.25, 0.3) is 0 Å². The smallest absolute Gasteiger partial charge is 0.243 e. The van der Waals surface area contributed by atoms with Crippen molar-refractivity contribution in [1.82, 2.24) is 14.8 Å². The number of hydrogen-bond donors (Lipinski definition) is 1. The molecule has 4 rings (SSSR count). The zero-order valence-corrected chi connectivity index (χ0v) is 20.1. The van der Waals surface area contributed by atoms with Crippen LogP contribution in [0.2, 0.25) is 5.02 Å². The van der Waals surface area contributed by atoms with Crippen LogP contribution >= 0.6 is 11.6 Å². The minimum atomic E-state index is -3.78. The molecule has 2 aromatic carbocycles. The second-order valence-electron chi connectivity index (χ2n) is 7.36. The molecule has 9 nitrogen and oxygen atoms in total. The number of ether oxygens (including phenoxy) is 2. The number of anilines is 1. The van der Waals surface area contributed by atoms with Gasteiger partial charge in [-0.25, -0.2) is 8.42 Å². The Morgan fingerprint density at radius 3 is 2.53 bits per heavy atom. The fourth-order valence-electron chi connectivity index (χ4n) is 3.48. The second-order valence-corrected chi connectivity index (χ2v) is 9.64. The van der Waals surface area contributed by atoms with Crippen molar-refractivity contribution in [3.05, 3.63) is 77.0 Å². The van der Waals surface area contributed by atoms with Gasteiger partial charge in [-0.2, -0.15) is 0 Å². The van der Waals surface area contributed by atoms with E-state index in [1.54, 1.807) is 54.1 Å². The van der Waals surface area contributed by atoms with Crippen LogP contribution < -0.4 is 9.46 Å². The lowest BCUT2D eigenvalue weighted by molar-refractivity contribution is 0.184. The maximum atomic E-state index is 13.0. The number of furan rings is 1. The summed E-state index contributed by atoms with van der Waals surface area (Å²) < 4.78 is 46.6. The molecule has 0 atom stereocenters. The Morgan fingerprint density at radius 2 is 1.85 bits per heavy atom. The van der Waals surface area contributed by atoms with Crippen LogP contribution in [0.4, 0.5) is 5.95 Å². The summed E-state index contributed by atoms with van der Waals surface area (Å²) in [6.07, 6.45) is 1.80. The van der Waals surface area contributed by atoms with Crippen molar-refractivity contribution in [2.75, 3.05) is 24.7 Å². The van der Waals surface area contributed by atoms with Crippen molar-refractivity contribution in [3.8, 4) is 23.0 Å². The molecule has 2 aromatic heterocycles. The van der Waals surface area contributed by atoms with Gasteiger partial charge < -0.3 is 13.9 Å². The van der Waals surface area contributed by atoms with Gasteiger partial charge in [0.1, 0.15) is 5.75 Å². The first-order chi connectivity index (χ1) is 16.4. The predicted octanol–water partition coefficient (Wildman–Crippen LogP) is 4.32. The van der Waals surface area contributed by atoms with Crippen LogP contribution in [0.25, 0.3) is 17.3 Å². The normalized spacial score (nSPS) is 11.5. The first kappa shape index (κ1) is 23.8. The summed E-state index contributed by atoms with van der Waals surface area (Å²) in [4.78, 5) is 0. The predicted molar refractivity (Wildman–Crippen MR) is 129 cm³/mol. The lowest BCUT2D eigenvalue weighted by Crippen LogP contribution is -2.21.